The van der Waals surface area contributed by atoms with Gasteiger partial charge in [0, 0.05) is 30.1 Å². The smallest absolute Gasteiger partial charge is 0.223 e. The Hall–Kier alpha value is -2.87. The Kier molecular flexibility index (Phi) is 6.45. The van der Waals surface area contributed by atoms with Gasteiger partial charge in [0.2, 0.25) is 16.9 Å². The molecule has 3 aromatic heterocycles. The fraction of sp³-hybridized carbons (Fsp3) is 0.167. The highest BCUT2D eigenvalue weighted by atomic mass is 127. The van der Waals surface area contributed by atoms with Crippen LogP contribution in [0.4, 0.5) is 0 Å². The second kappa shape index (κ2) is 8.87. The van der Waals surface area contributed by atoms with E-state index in [9.17, 15) is 9.59 Å². The van der Waals surface area contributed by atoms with Crippen molar-refractivity contribution in [3.8, 4) is 11.3 Å². The van der Waals surface area contributed by atoms with E-state index in [-0.39, 0.29) is 40.8 Å². The molecule has 6 heteroatoms. The number of hydrogen-bond acceptors (Lipinski definition) is 3. The summed E-state index contributed by atoms with van der Waals surface area (Å²) in [4.78, 5) is 31.2. The molecule has 0 radical (unpaired) electrons. The van der Waals surface area contributed by atoms with Gasteiger partial charge in [0.25, 0.3) is 0 Å². The van der Waals surface area contributed by atoms with Gasteiger partial charge in [-0.1, -0.05) is 18.2 Å². The largest absolute Gasteiger partial charge is 1.00 e. The van der Waals surface area contributed by atoms with Crippen molar-refractivity contribution in [1.29, 1.82) is 0 Å². The minimum absolute atomic E-state index is 0. The fourth-order valence-corrected chi connectivity index (χ4v) is 3.66. The molecular weight excluding hydrogens is 489 g/mol. The molecule has 0 N–H and O–H groups in total. The topological polar surface area (TPSA) is 55.8 Å². The van der Waals surface area contributed by atoms with Crippen LogP contribution in [0.1, 0.15) is 28.5 Å². The number of carbonyl (C=O) groups is 1. The molecule has 0 fully saturated rings. The highest BCUT2D eigenvalue weighted by Gasteiger charge is 2.25. The molecule has 0 saturated carbocycles. The third-order valence-corrected chi connectivity index (χ3v) is 5.12. The molecule has 0 amide bonds. The first kappa shape index (κ1) is 21.8. The minimum atomic E-state index is -0.285. The number of nitrogens with zero attached hydrogens (tertiary/aromatic N) is 3. The van der Waals surface area contributed by atoms with Gasteiger partial charge in [-0.2, -0.15) is 0 Å². The van der Waals surface area contributed by atoms with Crippen molar-refractivity contribution >= 4 is 16.8 Å². The number of rotatable bonds is 4. The molecular formula is C24H22IN3O2. The van der Waals surface area contributed by atoms with Crippen LogP contribution in [-0.4, -0.2) is 15.3 Å². The lowest BCUT2D eigenvalue weighted by Gasteiger charge is -2.12. The van der Waals surface area contributed by atoms with Crippen molar-refractivity contribution in [3.63, 3.8) is 0 Å². The molecule has 0 atom stereocenters. The van der Waals surface area contributed by atoms with Gasteiger partial charge in [-0.05, 0) is 44.2 Å². The maximum absolute atomic E-state index is 13.5. The molecule has 4 rings (SSSR count). The average Bonchev–Trinajstić information content (AvgIpc) is 2.74. The number of fused-ring (bicyclic) bond motifs is 1. The molecule has 0 saturated heterocycles. The normalized spacial score (nSPS) is 10.6. The van der Waals surface area contributed by atoms with E-state index in [1.807, 2.05) is 72.6 Å². The van der Waals surface area contributed by atoms with Gasteiger partial charge in [0.15, 0.2) is 6.20 Å². The fourth-order valence-electron chi connectivity index (χ4n) is 3.66. The number of pyridine rings is 3. The predicted octanol–water partition coefficient (Wildman–Crippen LogP) is 0.451. The van der Waals surface area contributed by atoms with Gasteiger partial charge in [-0.25, -0.2) is 9.55 Å². The number of ketones is 1. The number of aromatic nitrogens is 3. The molecule has 4 aromatic rings. The molecule has 0 aliphatic heterocycles. The summed E-state index contributed by atoms with van der Waals surface area (Å²) in [7, 11) is 1.90. The molecule has 0 spiro atoms. The van der Waals surface area contributed by atoms with Crippen molar-refractivity contribution in [2.45, 2.75) is 20.4 Å². The van der Waals surface area contributed by atoms with E-state index < -0.39 is 0 Å². The Bertz CT molecular complexity index is 1300. The zero-order chi connectivity index (χ0) is 20.5. The van der Waals surface area contributed by atoms with Gasteiger partial charge in [0.05, 0.1) is 16.5 Å². The van der Waals surface area contributed by atoms with Crippen LogP contribution in [-0.2, 0) is 13.6 Å². The first-order valence-corrected chi connectivity index (χ1v) is 9.61. The molecule has 5 nitrogen and oxygen atoms in total. The third kappa shape index (κ3) is 3.79. The molecule has 30 heavy (non-hydrogen) atoms. The van der Waals surface area contributed by atoms with E-state index >= 15 is 0 Å². The van der Waals surface area contributed by atoms with Gasteiger partial charge in [-0.15, -0.1) is 0 Å². The van der Waals surface area contributed by atoms with Crippen LogP contribution in [0.25, 0.3) is 22.3 Å². The number of carbonyl (C=O) groups excluding carboxylic acids is 1. The van der Waals surface area contributed by atoms with Gasteiger partial charge in [0.1, 0.15) is 12.7 Å². The highest BCUT2D eigenvalue weighted by molar-refractivity contribution is 6.12. The van der Waals surface area contributed by atoms with Crippen LogP contribution in [0.15, 0.2) is 71.8 Å². The van der Waals surface area contributed by atoms with E-state index in [1.165, 1.54) is 0 Å². The average molecular weight is 511 g/mol. The maximum atomic E-state index is 13.5. The van der Waals surface area contributed by atoms with E-state index in [0.717, 1.165) is 17.0 Å². The molecule has 1 aromatic carbocycles. The summed E-state index contributed by atoms with van der Waals surface area (Å²) in [5, 5.41) is 0.463. The highest BCUT2D eigenvalue weighted by Crippen LogP contribution is 2.22. The van der Waals surface area contributed by atoms with Crippen molar-refractivity contribution in [2.24, 2.45) is 7.05 Å². The zero-order valence-electron chi connectivity index (χ0n) is 17.1. The monoisotopic (exact) mass is 511 g/mol. The van der Waals surface area contributed by atoms with Gasteiger partial charge < -0.3 is 28.5 Å². The van der Waals surface area contributed by atoms with Gasteiger partial charge >= 0.3 is 0 Å². The standard InChI is InChI=1S/C24H22N3O2.HI/c1-4-27-15-20(23(29)19-13-12-16(2)25-24(19)27)22(28)18-11-8-14-26(3)21(18)17-9-6-5-7-10-17;/h5-15H,4H2,1-3H3;1H/q+1;/p-1. The minimum Gasteiger partial charge on any atom is -1.00 e. The van der Waals surface area contributed by atoms with Crippen LogP contribution in [0.5, 0.6) is 0 Å². The van der Waals surface area contributed by atoms with Crippen molar-refractivity contribution in [1.82, 2.24) is 9.55 Å². The quantitative estimate of drug-likeness (QED) is 0.227. The Labute approximate surface area is 192 Å². The molecule has 3 heterocycles. The molecule has 0 aliphatic rings. The Balaban J connectivity index is 0.00000256. The van der Waals surface area contributed by atoms with Crippen molar-refractivity contribution in [3.05, 3.63) is 94.0 Å². The predicted molar refractivity (Wildman–Crippen MR) is 113 cm³/mol. The third-order valence-electron chi connectivity index (χ3n) is 5.12. The number of benzene rings is 1. The first-order valence-electron chi connectivity index (χ1n) is 9.61. The number of aryl methyl sites for hydroxylation is 3. The molecule has 0 aliphatic carbocycles. The zero-order valence-corrected chi connectivity index (χ0v) is 19.3. The maximum Gasteiger partial charge on any atom is 0.223 e. The lowest BCUT2D eigenvalue weighted by Crippen LogP contribution is -3.00. The van der Waals surface area contributed by atoms with E-state index in [1.54, 1.807) is 24.4 Å². The summed E-state index contributed by atoms with van der Waals surface area (Å²) in [5.41, 5.74) is 3.52. The van der Waals surface area contributed by atoms with E-state index in [2.05, 4.69) is 4.98 Å². The van der Waals surface area contributed by atoms with Crippen molar-refractivity contribution < 1.29 is 33.3 Å². The van der Waals surface area contributed by atoms with Crippen LogP contribution >= 0.6 is 0 Å². The summed E-state index contributed by atoms with van der Waals surface area (Å²) in [5.74, 6) is -0.283. The van der Waals surface area contributed by atoms with E-state index in [0.29, 0.717) is 23.1 Å². The second-order valence-electron chi connectivity index (χ2n) is 7.06. The van der Waals surface area contributed by atoms with Crippen LogP contribution < -0.4 is 34.0 Å². The van der Waals surface area contributed by atoms with Crippen LogP contribution in [0.3, 0.4) is 0 Å². The summed E-state index contributed by atoms with van der Waals surface area (Å²) in [6.45, 7) is 4.47. The number of halogens is 1. The second-order valence-corrected chi connectivity index (χ2v) is 7.06. The Morgan fingerprint density at radius 2 is 1.77 bits per heavy atom. The molecule has 0 bridgehead atoms. The SMILES string of the molecule is CCn1cc(C(=O)c2ccc[n+](C)c2-c2ccccc2)c(=O)c2ccc(C)nc21.[I-]. The van der Waals surface area contributed by atoms with Crippen LogP contribution in [0.2, 0.25) is 0 Å². The van der Waals surface area contributed by atoms with Crippen LogP contribution in [0, 0.1) is 6.92 Å². The molecule has 152 valence electrons. The molecule has 0 unspecified atom stereocenters. The summed E-state index contributed by atoms with van der Waals surface area (Å²) >= 11 is 0. The Morgan fingerprint density at radius 3 is 2.47 bits per heavy atom. The lowest BCUT2D eigenvalue weighted by molar-refractivity contribution is -0.660. The lowest BCUT2D eigenvalue weighted by atomic mass is 9.97. The summed E-state index contributed by atoms with van der Waals surface area (Å²) < 4.78 is 3.77. The summed E-state index contributed by atoms with van der Waals surface area (Å²) in [6, 6.07) is 16.9. The first-order chi connectivity index (χ1) is 14.0. The number of hydrogen-bond donors (Lipinski definition) is 0. The summed E-state index contributed by atoms with van der Waals surface area (Å²) in [6.07, 6.45) is 3.54. The van der Waals surface area contributed by atoms with E-state index in [4.69, 9.17) is 0 Å². The van der Waals surface area contributed by atoms with Gasteiger partial charge in [-0.3, -0.25) is 9.59 Å². The van der Waals surface area contributed by atoms with Crippen molar-refractivity contribution in [2.75, 3.05) is 0 Å². The Morgan fingerprint density at radius 1 is 1.03 bits per heavy atom.